The van der Waals surface area contributed by atoms with Crippen molar-refractivity contribution in [1.29, 1.82) is 0 Å². The second-order valence-electron chi connectivity index (χ2n) is 19.5. The molecular weight excluding hydrogens is 745 g/mol. The Morgan fingerprint density at radius 3 is 0.817 bits per heavy atom. The van der Waals surface area contributed by atoms with E-state index in [1.54, 1.807) is 0 Å². The first-order chi connectivity index (χ1) is 29.2. The second-order valence-corrected chi connectivity index (χ2v) is 19.5. The Morgan fingerprint density at radius 2 is 0.550 bits per heavy atom. The smallest absolute Gasteiger partial charge is 0.306 e. The van der Waals surface area contributed by atoms with E-state index < -0.39 is 6.10 Å². The Morgan fingerprint density at radius 1 is 0.317 bits per heavy atom. The highest BCUT2D eigenvalue weighted by atomic mass is 16.6. The largest absolute Gasteiger partial charge is 0.462 e. The van der Waals surface area contributed by atoms with Crippen molar-refractivity contribution in [2.45, 2.75) is 304 Å². The summed E-state index contributed by atoms with van der Waals surface area (Å²) in [4.78, 5) is 37.9. The van der Waals surface area contributed by atoms with Gasteiger partial charge in [-0.05, 0) is 31.1 Å². The number of ether oxygens (including phenoxy) is 3. The molecule has 0 spiro atoms. The SMILES string of the molecule is CCCCCCCCCCCC(=O)O[C@@H](COC(=O)CCCCCCCCCCCCCCCCCC(C)C)COC(=O)CCCCCCCCCCCCCCC(C)C. The van der Waals surface area contributed by atoms with Crippen molar-refractivity contribution in [2.75, 3.05) is 13.2 Å². The van der Waals surface area contributed by atoms with Crippen LogP contribution >= 0.6 is 0 Å². The van der Waals surface area contributed by atoms with Crippen molar-refractivity contribution in [1.82, 2.24) is 0 Å². The number of esters is 3. The Kier molecular flexibility index (Phi) is 45.7. The van der Waals surface area contributed by atoms with Crippen molar-refractivity contribution in [2.24, 2.45) is 11.8 Å². The van der Waals surface area contributed by atoms with Gasteiger partial charge < -0.3 is 14.2 Å². The lowest BCUT2D eigenvalue weighted by molar-refractivity contribution is -0.167. The van der Waals surface area contributed by atoms with E-state index in [1.165, 1.54) is 186 Å². The van der Waals surface area contributed by atoms with Crippen molar-refractivity contribution in [3.05, 3.63) is 0 Å². The minimum absolute atomic E-state index is 0.0634. The molecule has 0 aliphatic rings. The fourth-order valence-corrected chi connectivity index (χ4v) is 8.17. The quantitative estimate of drug-likeness (QED) is 0.0345. The van der Waals surface area contributed by atoms with Gasteiger partial charge in [-0.1, -0.05) is 259 Å². The minimum atomic E-state index is -0.761. The molecule has 1 atom stereocenters. The molecule has 0 aromatic rings. The summed E-state index contributed by atoms with van der Waals surface area (Å²) < 4.78 is 16.8. The van der Waals surface area contributed by atoms with Crippen LogP contribution in [0.1, 0.15) is 298 Å². The molecule has 0 N–H and O–H groups in total. The van der Waals surface area contributed by atoms with Crippen LogP contribution in [0.2, 0.25) is 0 Å². The van der Waals surface area contributed by atoms with E-state index in [-0.39, 0.29) is 31.1 Å². The fourth-order valence-electron chi connectivity index (χ4n) is 8.17. The number of carbonyl (C=O) groups is 3. The molecule has 0 radical (unpaired) electrons. The van der Waals surface area contributed by atoms with Crippen molar-refractivity contribution in [3.8, 4) is 0 Å². The van der Waals surface area contributed by atoms with Gasteiger partial charge in [0, 0.05) is 19.3 Å². The van der Waals surface area contributed by atoms with Crippen LogP contribution in [0.4, 0.5) is 0 Å². The van der Waals surface area contributed by atoms with E-state index in [9.17, 15) is 14.4 Å². The summed E-state index contributed by atoms with van der Waals surface area (Å²) in [6.07, 6.45) is 48.1. The van der Waals surface area contributed by atoms with Crippen LogP contribution < -0.4 is 0 Å². The van der Waals surface area contributed by atoms with Crippen molar-refractivity contribution in [3.63, 3.8) is 0 Å². The first-order valence-electron chi connectivity index (χ1n) is 26.7. The third-order valence-electron chi connectivity index (χ3n) is 12.2. The maximum Gasteiger partial charge on any atom is 0.306 e. The van der Waals surface area contributed by atoms with Crippen LogP contribution in [0.25, 0.3) is 0 Å². The normalized spacial score (nSPS) is 12.1. The Bertz CT molecular complexity index is 916. The molecule has 0 rings (SSSR count). The first kappa shape index (κ1) is 58.4. The van der Waals surface area contributed by atoms with Crippen LogP contribution in [-0.4, -0.2) is 37.2 Å². The van der Waals surface area contributed by atoms with E-state index in [4.69, 9.17) is 14.2 Å². The molecule has 0 aliphatic carbocycles. The van der Waals surface area contributed by atoms with Gasteiger partial charge >= 0.3 is 17.9 Å². The maximum absolute atomic E-state index is 12.7. The topological polar surface area (TPSA) is 78.9 Å². The summed E-state index contributed by atoms with van der Waals surface area (Å²) >= 11 is 0. The predicted octanol–water partition coefficient (Wildman–Crippen LogP) is 17.3. The van der Waals surface area contributed by atoms with Crippen LogP contribution in [0, 0.1) is 11.8 Å². The fraction of sp³-hybridized carbons (Fsp3) is 0.944. The van der Waals surface area contributed by atoms with Crippen molar-refractivity contribution >= 4 is 17.9 Å². The maximum atomic E-state index is 12.7. The molecular formula is C54H104O6. The molecule has 0 unspecified atom stereocenters. The average Bonchev–Trinajstić information content (AvgIpc) is 3.22. The van der Waals surface area contributed by atoms with E-state index in [0.717, 1.165) is 69.6 Å². The highest BCUT2D eigenvalue weighted by Gasteiger charge is 2.19. The summed E-state index contributed by atoms with van der Waals surface area (Å²) in [5.41, 5.74) is 0. The van der Waals surface area contributed by atoms with Gasteiger partial charge in [0.1, 0.15) is 13.2 Å². The Labute approximate surface area is 374 Å². The van der Waals surface area contributed by atoms with Gasteiger partial charge in [0.25, 0.3) is 0 Å². The van der Waals surface area contributed by atoms with Crippen molar-refractivity contribution < 1.29 is 28.6 Å². The molecule has 0 aromatic carbocycles. The van der Waals surface area contributed by atoms with E-state index in [0.29, 0.717) is 19.3 Å². The first-order valence-corrected chi connectivity index (χ1v) is 26.7. The number of unbranched alkanes of at least 4 members (excludes halogenated alkanes) is 33. The number of rotatable bonds is 48. The molecule has 6 nitrogen and oxygen atoms in total. The van der Waals surface area contributed by atoms with Gasteiger partial charge in [0.15, 0.2) is 6.10 Å². The zero-order chi connectivity index (χ0) is 44.0. The highest BCUT2D eigenvalue weighted by molar-refractivity contribution is 5.71. The summed E-state index contributed by atoms with van der Waals surface area (Å²) in [5.74, 6) is 0.835. The van der Waals surface area contributed by atoms with Crippen LogP contribution in [-0.2, 0) is 28.6 Å². The zero-order valence-electron chi connectivity index (χ0n) is 41.1. The molecule has 356 valence electrons. The van der Waals surface area contributed by atoms with Gasteiger partial charge in [0.2, 0.25) is 0 Å². The lowest BCUT2D eigenvalue weighted by atomic mass is 10.0. The molecule has 0 heterocycles. The third-order valence-corrected chi connectivity index (χ3v) is 12.2. The van der Waals surface area contributed by atoms with E-state index in [2.05, 4.69) is 34.6 Å². The lowest BCUT2D eigenvalue weighted by Gasteiger charge is -2.18. The highest BCUT2D eigenvalue weighted by Crippen LogP contribution is 2.18. The zero-order valence-corrected chi connectivity index (χ0v) is 41.1. The molecule has 6 heteroatoms. The summed E-state index contributed by atoms with van der Waals surface area (Å²) in [6, 6.07) is 0. The molecule has 0 aliphatic heterocycles. The van der Waals surface area contributed by atoms with Gasteiger partial charge in [-0.3, -0.25) is 14.4 Å². The van der Waals surface area contributed by atoms with E-state index >= 15 is 0 Å². The monoisotopic (exact) mass is 849 g/mol. The van der Waals surface area contributed by atoms with Crippen LogP contribution in [0.15, 0.2) is 0 Å². The standard InChI is InChI=1S/C54H104O6/c1-6-7-8-9-10-22-31-36-41-46-54(57)60-51(48-59-53(56)45-40-35-30-26-21-17-16-19-24-28-33-38-43-50(4)5)47-58-52(55)44-39-34-29-25-20-15-13-11-12-14-18-23-27-32-37-42-49(2)3/h49-51H,6-48H2,1-5H3/t51-/m0/s1. The van der Waals surface area contributed by atoms with Crippen LogP contribution in [0.5, 0.6) is 0 Å². The number of hydrogen-bond acceptors (Lipinski definition) is 6. The molecule has 60 heavy (non-hydrogen) atoms. The summed E-state index contributed by atoms with van der Waals surface area (Å²) in [5, 5.41) is 0. The van der Waals surface area contributed by atoms with Gasteiger partial charge in [-0.2, -0.15) is 0 Å². The Hall–Kier alpha value is -1.59. The summed E-state index contributed by atoms with van der Waals surface area (Å²) in [7, 11) is 0. The predicted molar refractivity (Wildman–Crippen MR) is 256 cm³/mol. The van der Waals surface area contributed by atoms with Gasteiger partial charge in [0.05, 0.1) is 0 Å². The third kappa shape index (κ3) is 47.5. The lowest BCUT2D eigenvalue weighted by Crippen LogP contribution is -2.30. The summed E-state index contributed by atoms with van der Waals surface area (Å²) in [6.45, 7) is 11.4. The minimum Gasteiger partial charge on any atom is -0.462 e. The van der Waals surface area contributed by atoms with E-state index in [1.807, 2.05) is 0 Å². The average molecular weight is 849 g/mol. The number of carbonyl (C=O) groups excluding carboxylic acids is 3. The second kappa shape index (κ2) is 46.9. The molecule has 0 amide bonds. The molecule has 0 saturated heterocycles. The molecule has 0 bridgehead atoms. The number of hydrogen-bond donors (Lipinski definition) is 0. The van der Waals surface area contributed by atoms with Crippen LogP contribution in [0.3, 0.4) is 0 Å². The molecule has 0 fully saturated rings. The van der Waals surface area contributed by atoms with Gasteiger partial charge in [-0.15, -0.1) is 0 Å². The Balaban J connectivity index is 4.21. The van der Waals surface area contributed by atoms with Gasteiger partial charge in [-0.25, -0.2) is 0 Å². The molecule has 0 aromatic heterocycles. The molecule has 0 saturated carbocycles.